The van der Waals surface area contributed by atoms with Crippen LogP contribution in [0.15, 0.2) is 48.5 Å². The third-order valence-electron chi connectivity index (χ3n) is 4.83. The van der Waals surface area contributed by atoms with E-state index in [4.69, 9.17) is 16.3 Å². The molecule has 1 aliphatic heterocycles. The summed E-state index contributed by atoms with van der Waals surface area (Å²) in [5, 5.41) is 6.85. The summed E-state index contributed by atoms with van der Waals surface area (Å²) in [6.07, 6.45) is 2.05. The monoisotopic (exact) mass is 414 g/mol. The van der Waals surface area contributed by atoms with Crippen LogP contribution in [0.4, 0.5) is 4.39 Å². The van der Waals surface area contributed by atoms with Gasteiger partial charge >= 0.3 is 0 Å². The number of hydrogen-bond donors (Lipinski definition) is 1. The number of amides is 1. The van der Waals surface area contributed by atoms with Gasteiger partial charge in [-0.2, -0.15) is 5.10 Å². The summed E-state index contributed by atoms with van der Waals surface area (Å²) in [5.74, 6) is -0.583. The minimum atomic E-state index is -0.459. The van der Waals surface area contributed by atoms with E-state index in [-0.39, 0.29) is 17.1 Å². The molecule has 29 heavy (non-hydrogen) atoms. The molecule has 0 saturated carbocycles. The smallest absolute Gasteiger partial charge is 0.289 e. The molecule has 0 spiro atoms. The zero-order chi connectivity index (χ0) is 20.4. The number of carbonyl (C=O) groups is 1. The molecule has 1 N–H and O–H groups in total. The SMILES string of the molecule is COc1c(C(=O)NN2CCCC2)nn(-c2ccccc2F)c1-c1ccc(Cl)cc1. The third kappa shape index (κ3) is 3.83. The zero-order valence-electron chi connectivity index (χ0n) is 15.9. The number of ether oxygens (including phenoxy) is 1. The second kappa shape index (κ2) is 8.23. The quantitative estimate of drug-likeness (QED) is 0.683. The van der Waals surface area contributed by atoms with E-state index in [9.17, 15) is 9.18 Å². The van der Waals surface area contributed by atoms with Crippen molar-refractivity contribution >= 4 is 17.5 Å². The lowest BCUT2D eigenvalue weighted by molar-refractivity contribution is 0.0817. The summed E-state index contributed by atoms with van der Waals surface area (Å²) in [6.45, 7) is 1.57. The molecule has 6 nitrogen and oxygen atoms in total. The summed E-state index contributed by atoms with van der Waals surface area (Å²) in [5.41, 5.74) is 4.34. The summed E-state index contributed by atoms with van der Waals surface area (Å²) in [6, 6.07) is 13.3. The Morgan fingerprint density at radius 3 is 2.48 bits per heavy atom. The molecular formula is C21H20ClFN4O2. The molecule has 0 radical (unpaired) electrons. The van der Waals surface area contributed by atoms with Gasteiger partial charge in [0.25, 0.3) is 5.91 Å². The number of nitrogens with one attached hydrogen (secondary N) is 1. The highest BCUT2D eigenvalue weighted by Crippen LogP contribution is 2.36. The fourth-order valence-corrected chi connectivity index (χ4v) is 3.56. The van der Waals surface area contributed by atoms with Gasteiger partial charge in [0.2, 0.25) is 0 Å². The molecule has 1 saturated heterocycles. The van der Waals surface area contributed by atoms with Crippen molar-refractivity contribution in [3.63, 3.8) is 0 Å². The Bertz CT molecular complexity index is 1030. The molecule has 1 amide bonds. The second-order valence-corrected chi connectivity index (χ2v) is 7.17. The number of para-hydroxylation sites is 1. The molecule has 0 atom stereocenters. The Labute approximate surface area is 172 Å². The molecule has 0 unspecified atom stereocenters. The molecule has 8 heteroatoms. The predicted molar refractivity (Wildman–Crippen MR) is 109 cm³/mol. The normalized spacial score (nSPS) is 14.2. The van der Waals surface area contributed by atoms with Gasteiger partial charge in [-0.3, -0.25) is 10.2 Å². The van der Waals surface area contributed by atoms with Crippen molar-refractivity contribution in [2.24, 2.45) is 0 Å². The van der Waals surface area contributed by atoms with E-state index in [1.54, 1.807) is 42.5 Å². The number of hydrogen-bond acceptors (Lipinski definition) is 4. The van der Waals surface area contributed by atoms with Crippen LogP contribution in [-0.4, -0.2) is 40.9 Å². The maximum absolute atomic E-state index is 14.6. The Balaban J connectivity index is 1.86. The van der Waals surface area contributed by atoms with Gasteiger partial charge < -0.3 is 4.74 Å². The average Bonchev–Trinajstić information content (AvgIpc) is 3.36. The molecule has 1 aliphatic rings. The molecule has 0 aliphatic carbocycles. The van der Waals surface area contributed by atoms with E-state index in [2.05, 4.69) is 10.5 Å². The summed E-state index contributed by atoms with van der Waals surface area (Å²) in [7, 11) is 1.47. The van der Waals surface area contributed by atoms with E-state index in [1.807, 2.05) is 5.01 Å². The molecule has 2 heterocycles. The first-order valence-electron chi connectivity index (χ1n) is 9.32. The first kappa shape index (κ1) is 19.4. The lowest BCUT2D eigenvalue weighted by Crippen LogP contribution is -2.40. The highest BCUT2D eigenvalue weighted by atomic mass is 35.5. The van der Waals surface area contributed by atoms with Gasteiger partial charge in [0.1, 0.15) is 17.2 Å². The van der Waals surface area contributed by atoms with Crippen LogP contribution in [0.3, 0.4) is 0 Å². The molecule has 150 valence electrons. The van der Waals surface area contributed by atoms with Crippen LogP contribution in [0.1, 0.15) is 23.3 Å². The van der Waals surface area contributed by atoms with Gasteiger partial charge in [0, 0.05) is 23.7 Å². The Kier molecular flexibility index (Phi) is 5.51. The highest BCUT2D eigenvalue weighted by molar-refractivity contribution is 6.30. The van der Waals surface area contributed by atoms with Crippen molar-refractivity contribution in [2.45, 2.75) is 12.8 Å². The van der Waals surface area contributed by atoms with Crippen molar-refractivity contribution in [3.05, 3.63) is 65.1 Å². The Morgan fingerprint density at radius 2 is 1.83 bits per heavy atom. The van der Waals surface area contributed by atoms with Crippen molar-refractivity contribution in [2.75, 3.05) is 20.2 Å². The lowest BCUT2D eigenvalue weighted by atomic mass is 10.1. The molecule has 2 aromatic carbocycles. The summed E-state index contributed by atoms with van der Waals surface area (Å²) in [4.78, 5) is 12.9. The largest absolute Gasteiger partial charge is 0.492 e. The van der Waals surface area contributed by atoms with E-state index < -0.39 is 11.7 Å². The fourth-order valence-electron chi connectivity index (χ4n) is 3.43. The predicted octanol–water partition coefficient (Wildman–Crippen LogP) is 4.08. The number of carbonyl (C=O) groups excluding carboxylic acids is 1. The number of aromatic nitrogens is 2. The minimum Gasteiger partial charge on any atom is -0.492 e. The molecule has 1 fully saturated rings. The average molecular weight is 415 g/mol. The van der Waals surface area contributed by atoms with Crippen molar-refractivity contribution in [1.29, 1.82) is 0 Å². The number of hydrazine groups is 1. The molecule has 3 aromatic rings. The number of halogens is 2. The van der Waals surface area contributed by atoms with E-state index in [0.717, 1.165) is 25.9 Å². The van der Waals surface area contributed by atoms with Crippen LogP contribution in [0.5, 0.6) is 5.75 Å². The fraction of sp³-hybridized carbons (Fsp3) is 0.238. The van der Waals surface area contributed by atoms with Crippen molar-refractivity contribution < 1.29 is 13.9 Å². The number of methoxy groups -OCH3 is 1. The molecule has 0 bridgehead atoms. The van der Waals surface area contributed by atoms with E-state index in [0.29, 0.717) is 16.3 Å². The van der Waals surface area contributed by atoms with Crippen LogP contribution in [0.2, 0.25) is 5.02 Å². The summed E-state index contributed by atoms with van der Waals surface area (Å²) >= 11 is 6.02. The number of rotatable bonds is 5. The highest BCUT2D eigenvalue weighted by Gasteiger charge is 2.28. The van der Waals surface area contributed by atoms with Gasteiger partial charge in [-0.05, 0) is 37.1 Å². The maximum Gasteiger partial charge on any atom is 0.289 e. The lowest BCUT2D eigenvalue weighted by Gasteiger charge is -2.15. The van der Waals surface area contributed by atoms with Crippen LogP contribution < -0.4 is 10.2 Å². The van der Waals surface area contributed by atoms with Crippen molar-refractivity contribution in [1.82, 2.24) is 20.2 Å². The van der Waals surface area contributed by atoms with Crippen LogP contribution in [-0.2, 0) is 0 Å². The minimum absolute atomic E-state index is 0.0904. The van der Waals surface area contributed by atoms with Gasteiger partial charge in [0.05, 0.1) is 7.11 Å². The summed E-state index contributed by atoms with van der Waals surface area (Å²) < 4.78 is 21.5. The van der Waals surface area contributed by atoms with Gasteiger partial charge in [0.15, 0.2) is 11.4 Å². The Hall–Kier alpha value is -2.90. The standard InChI is InChI=1S/C21H20ClFN4O2/c1-29-20-18(21(28)25-26-12-4-5-13-26)24-27(17-7-3-2-6-16(17)23)19(20)14-8-10-15(22)11-9-14/h2-3,6-11H,4-5,12-13H2,1H3,(H,25,28). The van der Waals surface area contributed by atoms with Crippen LogP contribution in [0.25, 0.3) is 16.9 Å². The van der Waals surface area contributed by atoms with E-state index >= 15 is 0 Å². The van der Waals surface area contributed by atoms with Crippen LogP contribution in [0, 0.1) is 5.82 Å². The maximum atomic E-state index is 14.6. The first-order chi connectivity index (χ1) is 14.1. The topological polar surface area (TPSA) is 59.4 Å². The first-order valence-corrected chi connectivity index (χ1v) is 9.70. The van der Waals surface area contributed by atoms with Crippen LogP contribution >= 0.6 is 11.6 Å². The van der Waals surface area contributed by atoms with Gasteiger partial charge in [-0.25, -0.2) is 14.1 Å². The zero-order valence-corrected chi connectivity index (χ0v) is 16.6. The Morgan fingerprint density at radius 1 is 1.14 bits per heavy atom. The second-order valence-electron chi connectivity index (χ2n) is 6.74. The van der Waals surface area contributed by atoms with Crippen molar-refractivity contribution in [3.8, 4) is 22.7 Å². The van der Waals surface area contributed by atoms with Gasteiger partial charge in [-0.15, -0.1) is 0 Å². The van der Waals surface area contributed by atoms with Gasteiger partial charge in [-0.1, -0.05) is 35.9 Å². The third-order valence-corrected chi connectivity index (χ3v) is 5.08. The number of benzene rings is 2. The molecular weight excluding hydrogens is 395 g/mol. The van der Waals surface area contributed by atoms with E-state index in [1.165, 1.54) is 17.9 Å². The molecule has 4 rings (SSSR count). The molecule has 1 aromatic heterocycles. The number of nitrogens with zero attached hydrogens (tertiary/aromatic N) is 3.